The highest BCUT2D eigenvalue weighted by atomic mass is 35.5. The molecule has 38 heavy (non-hydrogen) atoms. The number of rotatable bonds is 6. The second kappa shape index (κ2) is 10.9. The zero-order valence-corrected chi connectivity index (χ0v) is 23.5. The van der Waals surface area contributed by atoms with Gasteiger partial charge >= 0.3 is 0 Å². The van der Waals surface area contributed by atoms with Crippen LogP contribution in [0.4, 0.5) is 11.4 Å². The molecule has 2 aromatic carbocycles. The van der Waals surface area contributed by atoms with Crippen LogP contribution in [0.3, 0.4) is 0 Å². The molecule has 1 aliphatic heterocycles. The first-order valence-corrected chi connectivity index (χ1v) is 13.4. The van der Waals surface area contributed by atoms with Crippen molar-refractivity contribution in [3.8, 4) is 11.3 Å². The van der Waals surface area contributed by atoms with Crippen molar-refractivity contribution in [1.29, 1.82) is 0 Å². The molecule has 194 valence electrons. The summed E-state index contributed by atoms with van der Waals surface area (Å²) in [6.07, 6.45) is 1.74. The van der Waals surface area contributed by atoms with Gasteiger partial charge in [-0.05, 0) is 72.9 Å². The van der Waals surface area contributed by atoms with Crippen molar-refractivity contribution in [2.75, 3.05) is 10.2 Å². The number of hydrogen-bond donors (Lipinski definition) is 2. The third kappa shape index (κ3) is 5.24. The lowest BCUT2D eigenvalue weighted by molar-refractivity contribution is -0.118. The summed E-state index contributed by atoms with van der Waals surface area (Å²) in [6.45, 7) is 3.65. The third-order valence-electron chi connectivity index (χ3n) is 6.23. The van der Waals surface area contributed by atoms with Gasteiger partial charge in [0.25, 0.3) is 0 Å². The van der Waals surface area contributed by atoms with Crippen LogP contribution in [0.25, 0.3) is 11.3 Å². The van der Waals surface area contributed by atoms with Gasteiger partial charge in [0.2, 0.25) is 5.91 Å². The summed E-state index contributed by atoms with van der Waals surface area (Å²) < 4.78 is 6.37. The molecule has 5 rings (SSSR count). The second-order valence-corrected chi connectivity index (χ2v) is 10.8. The number of pyridine rings is 1. The maximum Gasteiger partial charge on any atom is 0.226 e. The molecule has 6 nitrogen and oxygen atoms in total. The molecular formula is C28H23Cl3N4O2S. The smallest absolute Gasteiger partial charge is 0.226 e. The van der Waals surface area contributed by atoms with Crippen molar-refractivity contribution >= 4 is 69.4 Å². The van der Waals surface area contributed by atoms with Crippen molar-refractivity contribution < 1.29 is 9.21 Å². The zero-order chi connectivity index (χ0) is 27.0. The lowest BCUT2D eigenvalue weighted by atomic mass is 10.0. The minimum absolute atomic E-state index is 0.116. The van der Waals surface area contributed by atoms with Crippen molar-refractivity contribution in [1.82, 2.24) is 10.3 Å². The van der Waals surface area contributed by atoms with E-state index in [9.17, 15) is 4.79 Å². The van der Waals surface area contributed by atoms with Crippen LogP contribution in [0.15, 0.2) is 77.3 Å². The number of anilines is 2. The van der Waals surface area contributed by atoms with Gasteiger partial charge in [-0.2, -0.15) is 0 Å². The number of furan rings is 1. The van der Waals surface area contributed by atoms with Crippen LogP contribution in [0.5, 0.6) is 0 Å². The Balaban J connectivity index is 1.56. The van der Waals surface area contributed by atoms with E-state index in [-0.39, 0.29) is 23.9 Å². The molecule has 1 aliphatic rings. The van der Waals surface area contributed by atoms with Crippen LogP contribution in [0.1, 0.15) is 37.4 Å². The molecule has 2 aromatic heterocycles. The molecule has 0 saturated carbocycles. The number of nitrogens with zero attached hydrogens (tertiary/aromatic N) is 2. The highest BCUT2D eigenvalue weighted by molar-refractivity contribution is 7.80. The number of hydrogen-bond acceptors (Lipinski definition) is 4. The van der Waals surface area contributed by atoms with Gasteiger partial charge in [0.05, 0.1) is 27.5 Å². The molecule has 0 bridgehead atoms. The number of carbonyl (C=O) groups excluding carboxylic acids is 1. The van der Waals surface area contributed by atoms with Crippen LogP contribution in [-0.4, -0.2) is 16.0 Å². The fourth-order valence-electron chi connectivity index (χ4n) is 4.30. The SMILES string of the molecule is CC(C)C(=O)Nc1ccc(N2C(=S)N[C@@H](c3ccccn3)[C@@H]2c2ccc(-c3ccc(Cl)cc3Cl)o2)cc1Cl. The molecule has 1 fully saturated rings. The molecular weight excluding hydrogens is 563 g/mol. The Morgan fingerprint density at radius 3 is 2.55 bits per heavy atom. The quantitative estimate of drug-likeness (QED) is 0.223. The Morgan fingerprint density at radius 2 is 1.87 bits per heavy atom. The first-order valence-electron chi connectivity index (χ1n) is 11.9. The van der Waals surface area contributed by atoms with E-state index in [1.807, 2.05) is 61.2 Å². The molecule has 0 radical (unpaired) electrons. The summed E-state index contributed by atoms with van der Waals surface area (Å²) in [5.74, 6) is 0.966. The standard InChI is InChI=1S/C28H23Cl3N4O2S/c1-15(2)27(36)33-21-9-7-17(14-20(21)31)35-26(25(34-28(35)38)22-5-3-4-12-32-22)24-11-10-23(37-24)18-8-6-16(29)13-19(18)30/h3-15,25-26H,1-2H3,(H,33,36)(H,34,38)/t25-,26-/m0/s1. The predicted octanol–water partition coefficient (Wildman–Crippen LogP) is 8.07. The largest absolute Gasteiger partial charge is 0.459 e. The van der Waals surface area contributed by atoms with Gasteiger partial charge in [0.15, 0.2) is 5.11 Å². The Morgan fingerprint density at radius 1 is 1.05 bits per heavy atom. The first kappa shape index (κ1) is 26.5. The Bertz CT molecular complexity index is 1510. The summed E-state index contributed by atoms with van der Waals surface area (Å²) in [7, 11) is 0. The monoisotopic (exact) mass is 584 g/mol. The van der Waals surface area contributed by atoms with Gasteiger partial charge in [-0.1, -0.05) is 54.7 Å². The van der Waals surface area contributed by atoms with E-state index in [1.54, 1.807) is 30.5 Å². The van der Waals surface area contributed by atoms with E-state index in [0.29, 0.717) is 37.4 Å². The van der Waals surface area contributed by atoms with E-state index in [2.05, 4.69) is 15.6 Å². The van der Waals surface area contributed by atoms with E-state index in [1.165, 1.54) is 0 Å². The van der Waals surface area contributed by atoms with Gasteiger partial charge in [-0.25, -0.2) is 0 Å². The maximum absolute atomic E-state index is 12.2. The van der Waals surface area contributed by atoms with Gasteiger partial charge < -0.3 is 20.0 Å². The lowest BCUT2D eigenvalue weighted by Gasteiger charge is -2.26. The number of aromatic nitrogens is 1. The molecule has 3 heterocycles. The number of halogens is 3. The predicted molar refractivity (Wildman–Crippen MR) is 157 cm³/mol. The van der Waals surface area contributed by atoms with Gasteiger partial charge in [-0.15, -0.1) is 0 Å². The maximum atomic E-state index is 12.2. The average Bonchev–Trinajstić information content (AvgIpc) is 3.50. The summed E-state index contributed by atoms with van der Waals surface area (Å²) in [5.41, 5.74) is 2.80. The fourth-order valence-corrected chi connectivity index (χ4v) is 5.37. The van der Waals surface area contributed by atoms with E-state index < -0.39 is 0 Å². The van der Waals surface area contributed by atoms with Crippen LogP contribution in [-0.2, 0) is 4.79 Å². The summed E-state index contributed by atoms with van der Waals surface area (Å²) in [4.78, 5) is 18.7. The highest BCUT2D eigenvalue weighted by Crippen LogP contribution is 2.44. The Kier molecular flexibility index (Phi) is 7.63. The molecule has 2 N–H and O–H groups in total. The zero-order valence-electron chi connectivity index (χ0n) is 20.4. The van der Waals surface area contributed by atoms with Crippen LogP contribution in [0, 0.1) is 5.92 Å². The van der Waals surface area contributed by atoms with E-state index >= 15 is 0 Å². The number of nitrogens with one attached hydrogen (secondary N) is 2. The summed E-state index contributed by atoms with van der Waals surface area (Å²) in [5, 5.41) is 8.17. The topological polar surface area (TPSA) is 70.4 Å². The summed E-state index contributed by atoms with van der Waals surface area (Å²) >= 11 is 24.9. The minimum Gasteiger partial charge on any atom is -0.459 e. The molecule has 2 atom stereocenters. The summed E-state index contributed by atoms with van der Waals surface area (Å²) in [6, 6.07) is 19.5. The molecule has 1 saturated heterocycles. The van der Waals surface area contributed by atoms with Crippen molar-refractivity contribution in [3.63, 3.8) is 0 Å². The molecule has 10 heteroatoms. The van der Waals surface area contributed by atoms with Crippen LogP contribution in [0.2, 0.25) is 15.1 Å². The minimum atomic E-state index is -0.385. The molecule has 1 amide bonds. The van der Waals surface area contributed by atoms with E-state index in [4.69, 9.17) is 51.4 Å². The number of benzene rings is 2. The van der Waals surface area contributed by atoms with Gasteiger partial charge in [-0.3, -0.25) is 9.78 Å². The van der Waals surface area contributed by atoms with Gasteiger partial charge in [0.1, 0.15) is 17.6 Å². The van der Waals surface area contributed by atoms with Gasteiger partial charge in [0, 0.05) is 28.4 Å². The molecule has 4 aromatic rings. The number of thiocarbonyl (C=S) groups is 1. The van der Waals surface area contributed by atoms with E-state index in [0.717, 1.165) is 16.9 Å². The van der Waals surface area contributed by atoms with Crippen molar-refractivity contribution in [3.05, 3.63) is 99.4 Å². The normalized spacial score (nSPS) is 17.1. The molecule has 0 aliphatic carbocycles. The van der Waals surface area contributed by atoms with Crippen LogP contribution >= 0.6 is 47.0 Å². The third-order valence-corrected chi connectivity index (χ3v) is 7.40. The lowest BCUT2D eigenvalue weighted by Crippen LogP contribution is -2.29. The fraction of sp³-hybridized carbons (Fsp3) is 0.179. The Hall–Kier alpha value is -3.10. The number of carbonyl (C=O) groups is 1. The van der Waals surface area contributed by atoms with Crippen molar-refractivity contribution in [2.24, 2.45) is 5.92 Å². The average molecular weight is 586 g/mol. The Labute approximate surface area is 240 Å². The molecule has 0 spiro atoms. The van der Waals surface area contributed by atoms with Crippen LogP contribution < -0.4 is 15.5 Å². The second-order valence-electron chi connectivity index (χ2n) is 9.13. The molecule has 0 unspecified atom stereocenters. The van der Waals surface area contributed by atoms with Crippen molar-refractivity contribution in [2.45, 2.75) is 25.9 Å². The highest BCUT2D eigenvalue weighted by Gasteiger charge is 2.42. The number of amides is 1. The first-order chi connectivity index (χ1) is 18.2.